The Kier molecular flexibility index (Phi) is 3.04. The van der Waals surface area contributed by atoms with E-state index in [0.29, 0.717) is 6.07 Å². The van der Waals surface area contributed by atoms with E-state index in [1.54, 1.807) is 6.07 Å². The molecule has 0 bridgehead atoms. The van der Waals surface area contributed by atoms with Crippen molar-refractivity contribution < 1.29 is 18.0 Å². The Morgan fingerprint density at radius 2 is 1.94 bits per heavy atom. The molecule has 0 atom stereocenters. The fourth-order valence-electron chi connectivity index (χ4n) is 1.38. The van der Waals surface area contributed by atoms with Gasteiger partial charge in [-0.15, -0.1) is 0 Å². The summed E-state index contributed by atoms with van der Waals surface area (Å²) in [5.41, 5.74) is -0.938. The summed E-state index contributed by atoms with van der Waals surface area (Å²) in [5.74, 6) is -0.550. The number of hydrogen-bond donors (Lipinski definition) is 0. The van der Waals surface area contributed by atoms with Crippen molar-refractivity contribution in [1.29, 1.82) is 5.26 Å². The summed E-state index contributed by atoms with van der Waals surface area (Å²) in [5, 5.41) is 8.76. The van der Waals surface area contributed by atoms with Gasteiger partial charge in [0.15, 0.2) is 5.78 Å². The van der Waals surface area contributed by atoms with Gasteiger partial charge in [0, 0.05) is 5.56 Å². The molecule has 0 heterocycles. The lowest BCUT2D eigenvalue weighted by atomic mass is 9.97. The number of carbonyl (C=O) groups is 1. The molecule has 0 spiro atoms. The highest BCUT2D eigenvalue weighted by atomic mass is 19.4. The first-order valence-corrected chi connectivity index (χ1v) is 4.40. The maximum absolute atomic E-state index is 12.5. The molecule has 84 valence electrons. The predicted molar refractivity (Wildman–Crippen MR) is 50.9 cm³/mol. The Morgan fingerprint density at radius 3 is 2.31 bits per heavy atom. The van der Waals surface area contributed by atoms with Crippen LogP contribution >= 0.6 is 0 Å². The van der Waals surface area contributed by atoms with Gasteiger partial charge in [0.2, 0.25) is 0 Å². The van der Waals surface area contributed by atoms with Crippen molar-refractivity contribution in [3.05, 3.63) is 34.4 Å². The molecule has 1 aromatic carbocycles. The number of ketones is 1. The summed E-state index contributed by atoms with van der Waals surface area (Å²) in [6, 6.07) is 3.32. The van der Waals surface area contributed by atoms with E-state index >= 15 is 0 Å². The van der Waals surface area contributed by atoms with Gasteiger partial charge in [0.25, 0.3) is 0 Å². The van der Waals surface area contributed by atoms with Crippen molar-refractivity contribution in [2.24, 2.45) is 0 Å². The molecule has 0 aromatic heterocycles. The van der Waals surface area contributed by atoms with Crippen LogP contribution in [0.5, 0.6) is 0 Å². The number of rotatable bonds is 1. The summed E-state index contributed by atoms with van der Waals surface area (Å²) in [4.78, 5) is 11.1. The van der Waals surface area contributed by atoms with Crippen LogP contribution in [0.3, 0.4) is 0 Å². The molecule has 2 nitrogen and oxygen atoms in total. The van der Waals surface area contributed by atoms with E-state index in [4.69, 9.17) is 5.26 Å². The first-order valence-electron chi connectivity index (χ1n) is 4.40. The smallest absolute Gasteiger partial charge is 0.294 e. The van der Waals surface area contributed by atoms with Gasteiger partial charge in [-0.25, -0.2) is 0 Å². The minimum Gasteiger partial charge on any atom is -0.294 e. The standard InChI is InChI=1S/C11H8F3NO/c1-6-3-8(11(12,13)14)4-9(7(2)16)10(6)5-15/h3-4H,1-2H3. The molecule has 0 saturated heterocycles. The average Bonchev–Trinajstić information content (AvgIpc) is 2.14. The van der Waals surface area contributed by atoms with Crippen LogP contribution in [0.1, 0.15) is 34.0 Å². The van der Waals surface area contributed by atoms with Crippen molar-refractivity contribution in [3.63, 3.8) is 0 Å². The van der Waals surface area contributed by atoms with E-state index < -0.39 is 17.5 Å². The number of aryl methyl sites for hydroxylation is 1. The quantitative estimate of drug-likeness (QED) is 0.691. The lowest BCUT2D eigenvalue weighted by Gasteiger charge is -2.11. The highest BCUT2D eigenvalue weighted by Gasteiger charge is 2.32. The molecule has 0 radical (unpaired) electrons. The zero-order valence-electron chi connectivity index (χ0n) is 8.64. The maximum Gasteiger partial charge on any atom is 0.416 e. The molecule has 1 aromatic rings. The Labute approximate surface area is 90.3 Å². The fraction of sp³-hybridized carbons (Fsp3) is 0.273. The first kappa shape index (κ1) is 12.2. The Morgan fingerprint density at radius 1 is 1.38 bits per heavy atom. The second kappa shape index (κ2) is 3.97. The molecule has 0 amide bonds. The second-order valence-corrected chi connectivity index (χ2v) is 3.38. The minimum atomic E-state index is -4.51. The number of nitriles is 1. The molecule has 0 aliphatic heterocycles. The fourth-order valence-corrected chi connectivity index (χ4v) is 1.38. The number of halogens is 3. The van der Waals surface area contributed by atoms with Crippen LogP contribution in [-0.2, 0) is 6.18 Å². The van der Waals surface area contributed by atoms with Crippen molar-refractivity contribution in [3.8, 4) is 6.07 Å². The van der Waals surface area contributed by atoms with Gasteiger partial charge in [0.05, 0.1) is 11.1 Å². The highest BCUT2D eigenvalue weighted by molar-refractivity contribution is 5.97. The summed E-state index contributed by atoms with van der Waals surface area (Å²) >= 11 is 0. The molecule has 0 saturated carbocycles. The molecule has 0 unspecified atom stereocenters. The lowest BCUT2D eigenvalue weighted by Crippen LogP contribution is -2.09. The monoisotopic (exact) mass is 227 g/mol. The van der Waals surface area contributed by atoms with Gasteiger partial charge < -0.3 is 0 Å². The Balaban J connectivity index is 3.54. The van der Waals surface area contributed by atoms with E-state index in [0.717, 1.165) is 13.0 Å². The molecular weight excluding hydrogens is 219 g/mol. The van der Waals surface area contributed by atoms with Crippen LogP contribution in [0.2, 0.25) is 0 Å². The number of Topliss-reactive ketones (excluding diaryl/α,β-unsaturated/α-hetero) is 1. The number of alkyl halides is 3. The van der Waals surface area contributed by atoms with Gasteiger partial charge in [-0.3, -0.25) is 4.79 Å². The van der Waals surface area contributed by atoms with Crippen LogP contribution in [0, 0.1) is 18.3 Å². The maximum atomic E-state index is 12.5. The van der Waals surface area contributed by atoms with Crippen LogP contribution in [-0.4, -0.2) is 5.78 Å². The normalized spacial score (nSPS) is 11.0. The van der Waals surface area contributed by atoms with Crippen molar-refractivity contribution >= 4 is 5.78 Å². The summed E-state index contributed by atoms with van der Waals surface area (Å²) < 4.78 is 37.4. The number of hydrogen-bond acceptors (Lipinski definition) is 2. The number of benzene rings is 1. The molecule has 0 aliphatic rings. The zero-order valence-corrected chi connectivity index (χ0v) is 8.64. The largest absolute Gasteiger partial charge is 0.416 e. The van der Waals surface area contributed by atoms with E-state index in [2.05, 4.69) is 0 Å². The highest BCUT2D eigenvalue weighted by Crippen LogP contribution is 2.32. The second-order valence-electron chi connectivity index (χ2n) is 3.38. The summed E-state index contributed by atoms with van der Waals surface area (Å²) in [6.07, 6.45) is -4.51. The van der Waals surface area contributed by atoms with Crippen molar-refractivity contribution in [2.75, 3.05) is 0 Å². The van der Waals surface area contributed by atoms with Gasteiger partial charge in [0.1, 0.15) is 6.07 Å². The van der Waals surface area contributed by atoms with Gasteiger partial charge in [-0.2, -0.15) is 18.4 Å². The Hall–Kier alpha value is -1.83. The molecule has 0 fully saturated rings. The molecule has 16 heavy (non-hydrogen) atoms. The third-order valence-corrected chi connectivity index (χ3v) is 2.15. The zero-order chi connectivity index (χ0) is 12.5. The van der Waals surface area contributed by atoms with Crippen molar-refractivity contribution in [1.82, 2.24) is 0 Å². The van der Waals surface area contributed by atoms with Crippen LogP contribution in [0.15, 0.2) is 12.1 Å². The predicted octanol–water partition coefficient (Wildman–Crippen LogP) is 3.09. The Bertz CT molecular complexity index is 483. The molecule has 1 rings (SSSR count). The first-order chi connectivity index (χ1) is 7.27. The number of nitrogens with zero attached hydrogens (tertiary/aromatic N) is 1. The van der Waals surface area contributed by atoms with Gasteiger partial charge in [-0.05, 0) is 31.5 Å². The van der Waals surface area contributed by atoms with E-state index in [1.807, 2.05) is 0 Å². The SMILES string of the molecule is CC(=O)c1cc(C(F)(F)F)cc(C)c1C#N. The summed E-state index contributed by atoms with van der Waals surface area (Å²) in [6.45, 7) is 2.51. The van der Waals surface area contributed by atoms with Crippen LogP contribution in [0.4, 0.5) is 13.2 Å². The summed E-state index contributed by atoms with van der Waals surface area (Å²) in [7, 11) is 0. The molecule has 0 N–H and O–H groups in total. The van der Waals surface area contributed by atoms with Crippen LogP contribution < -0.4 is 0 Å². The van der Waals surface area contributed by atoms with Gasteiger partial charge >= 0.3 is 6.18 Å². The molecule has 5 heteroatoms. The van der Waals surface area contributed by atoms with E-state index in [1.165, 1.54) is 6.92 Å². The topological polar surface area (TPSA) is 40.9 Å². The van der Waals surface area contributed by atoms with Gasteiger partial charge in [-0.1, -0.05) is 0 Å². The molecular formula is C11H8F3NO. The minimum absolute atomic E-state index is 0.000463. The van der Waals surface area contributed by atoms with Crippen molar-refractivity contribution in [2.45, 2.75) is 20.0 Å². The van der Waals surface area contributed by atoms with Crippen LogP contribution in [0.25, 0.3) is 0 Å². The van der Waals surface area contributed by atoms with E-state index in [-0.39, 0.29) is 16.7 Å². The third-order valence-electron chi connectivity index (χ3n) is 2.15. The van der Waals surface area contributed by atoms with E-state index in [9.17, 15) is 18.0 Å². The number of carbonyl (C=O) groups excluding carboxylic acids is 1. The molecule has 0 aliphatic carbocycles. The average molecular weight is 227 g/mol. The third kappa shape index (κ3) is 2.22. The lowest BCUT2D eigenvalue weighted by molar-refractivity contribution is -0.137.